The molecule has 3 heterocycles. The fraction of sp³-hybridized carbons (Fsp3) is 0.455. The maximum Gasteiger partial charge on any atom is 0.161 e. The first-order valence-electron chi connectivity index (χ1n) is 5.72. The maximum absolute atomic E-state index is 9.96. The van der Waals surface area contributed by atoms with E-state index in [2.05, 4.69) is 9.97 Å². The van der Waals surface area contributed by atoms with Gasteiger partial charge in [-0.15, -0.1) is 0 Å². The number of aromatic nitrogens is 3. The number of hydrogen-bond donors (Lipinski definition) is 3. The number of hydrogen-bond acceptors (Lipinski definition) is 6. The monoisotopic (exact) mass is 250 g/mol. The molecule has 0 spiro atoms. The van der Waals surface area contributed by atoms with Gasteiger partial charge in [0.2, 0.25) is 0 Å². The Kier molecular flexibility index (Phi) is 2.66. The van der Waals surface area contributed by atoms with Crippen molar-refractivity contribution in [1.82, 2.24) is 14.5 Å². The van der Waals surface area contributed by atoms with Crippen LogP contribution in [0.1, 0.15) is 12.6 Å². The van der Waals surface area contributed by atoms with Gasteiger partial charge in [0.05, 0.1) is 18.1 Å². The number of aliphatic hydroxyl groups excluding tert-OH is 2. The van der Waals surface area contributed by atoms with Gasteiger partial charge >= 0.3 is 0 Å². The van der Waals surface area contributed by atoms with E-state index in [1.165, 1.54) is 6.33 Å². The van der Waals surface area contributed by atoms with Crippen LogP contribution >= 0.6 is 0 Å². The van der Waals surface area contributed by atoms with E-state index in [0.29, 0.717) is 17.9 Å². The molecular weight excluding hydrogens is 236 g/mol. The molecule has 2 aromatic rings. The highest BCUT2D eigenvalue weighted by Gasteiger charge is 2.35. The molecule has 1 aliphatic heterocycles. The molecule has 3 atom stereocenters. The van der Waals surface area contributed by atoms with Gasteiger partial charge in [0.15, 0.2) is 6.23 Å². The minimum Gasteiger partial charge on any atom is -0.394 e. The summed E-state index contributed by atoms with van der Waals surface area (Å²) >= 11 is 0. The van der Waals surface area contributed by atoms with Crippen LogP contribution in [-0.2, 0) is 4.74 Å². The minimum absolute atomic E-state index is 0.107. The van der Waals surface area contributed by atoms with E-state index in [4.69, 9.17) is 15.6 Å². The SMILES string of the molecule is Nc1ncnc2c1ccn2C1O[C@H](CO)C[C@H]1O. The fourth-order valence-corrected chi connectivity index (χ4v) is 2.29. The van der Waals surface area contributed by atoms with E-state index in [1.54, 1.807) is 16.8 Å². The fourth-order valence-electron chi connectivity index (χ4n) is 2.29. The maximum atomic E-state index is 9.96. The highest BCUT2D eigenvalue weighted by molar-refractivity contribution is 5.86. The molecule has 96 valence electrons. The summed E-state index contributed by atoms with van der Waals surface area (Å²) in [7, 11) is 0. The third-order valence-electron chi connectivity index (χ3n) is 3.18. The summed E-state index contributed by atoms with van der Waals surface area (Å²) in [5.41, 5.74) is 6.36. The van der Waals surface area contributed by atoms with E-state index in [-0.39, 0.29) is 12.7 Å². The highest BCUT2D eigenvalue weighted by Crippen LogP contribution is 2.31. The number of fused-ring (bicyclic) bond motifs is 1. The second-order valence-corrected chi connectivity index (χ2v) is 4.35. The number of nitrogen functional groups attached to an aromatic ring is 1. The first kappa shape index (κ1) is 11.4. The lowest BCUT2D eigenvalue weighted by molar-refractivity contribution is -0.0484. The normalized spacial score (nSPS) is 28.0. The van der Waals surface area contributed by atoms with Gasteiger partial charge in [0, 0.05) is 12.6 Å². The molecule has 2 aromatic heterocycles. The van der Waals surface area contributed by atoms with E-state index >= 15 is 0 Å². The van der Waals surface area contributed by atoms with Crippen LogP contribution in [0.2, 0.25) is 0 Å². The molecule has 1 fully saturated rings. The van der Waals surface area contributed by atoms with Crippen LogP contribution in [0.25, 0.3) is 11.0 Å². The second kappa shape index (κ2) is 4.20. The molecule has 18 heavy (non-hydrogen) atoms. The average Bonchev–Trinajstić information content (AvgIpc) is 2.93. The third-order valence-corrected chi connectivity index (χ3v) is 3.18. The van der Waals surface area contributed by atoms with Crippen LogP contribution in [-0.4, -0.2) is 43.6 Å². The zero-order chi connectivity index (χ0) is 12.7. The molecule has 1 saturated heterocycles. The summed E-state index contributed by atoms with van der Waals surface area (Å²) in [6.45, 7) is -0.107. The molecule has 0 radical (unpaired) electrons. The van der Waals surface area contributed by atoms with Gasteiger partial charge < -0.3 is 25.3 Å². The third kappa shape index (κ3) is 1.64. The van der Waals surface area contributed by atoms with Gasteiger partial charge in [-0.2, -0.15) is 0 Å². The molecule has 7 heteroatoms. The Hall–Kier alpha value is -1.70. The van der Waals surface area contributed by atoms with Gasteiger partial charge in [-0.1, -0.05) is 0 Å². The van der Waals surface area contributed by atoms with Crippen molar-refractivity contribution in [2.45, 2.75) is 24.9 Å². The summed E-state index contributed by atoms with van der Waals surface area (Å²) < 4.78 is 7.29. The summed E-state index contributed by atoms with van der Waals surface area (Å²) in [5.74, 6) is 0.393. The quantitative estimate of drug-likeness (QED) is 0.673. The molecule has 0 saturated carbocycles. The van der Waals surface area contributed by atoms with Crippen molar-refractivity contribution in [1.29, 1.82) is 0 Å². The van der Waals surface area contributed by atoms with Crippen molar-refractivity contribution in [3.8, 4) is 0 Å². The van der Waals surface area contributed by atoms with Gasteiger partial charge in [-0.05, 0) is 6.07 Å². The van der Waals surface area contributed by atoms with Gasteiger partial charge in [0.25, 0.3) is 0 Å². The number of aliphatic hydroxyl groups is 2. The first-order valence-corrected chi connectivity index (χ1v) is 5.72. The zero-order valence-electron chi connectivity index (χ0n) is 9.60. The Morgan fingerprint density at radius 3 is 3.06 bits per heavy atom. The van der Waals surface area contributed by atoms with Crippen LogP contribution in [0.15, 0.2) is 18.6 Å². The van der Waals surface area contributed by atoms with Crippen LogP contribution in [0.5, 0.6) is 0 Å². The molecule has 0 amide bonds. The number of rotatable bonds is 2. The summed E-state index contributed by atoms with van der Waals surface area (Å²) in [4.78, 5) is 8.06. The van der Waals surface area contributed by atoms with Crippen LogP contribution in [0.3, 0.4) is 0 Å². The average molecular weight is 250 g/mol. The molecule has 0 aliphatic carbocycles. The topological polar surface area (TPSA) is 106 Å². The zero-order valence-corrected chi connectivity index (χ0v) is 9.60. The number of nitrogens with two attached hydrogens (primary N) is 1. The summed E-state index contributed by atoms with van der Waals surface area (Å²) in [6.07, 6.45) is 1.97. The van der Waals surface area contributed by atoms with Crippen LogP contribution in [0, 0.1) is 0 Å². The summed E-state index contributed by atoms with van der Waals surface area (Å²) in [6, 6.07) is 1.78. The lowest BCUT2D eigenvalue weighted by Gasteiger charge is -2.17. The molecule has 0 aromatic carbocycles. The summed E-state index contributed by atoms with van der Waals surface area (Å²) in [5, 5.41) is 19.7. The molecule has 0 bridgehead atoms. The minimum atomic E-state index is -0.672. The van der Waals surface area contributed by atoms with Crippen molar-refractivity contribution in [3.05, 3.63) is 18.6 Å². The van der Waals surface area contributed by atoms with Crippen molar-refractivity contribution in [2.24, 2.45) is 0 Å². The molecule has 3 rings (SSSR count). The first-order chi connectivity index (χ1) is 8.70. The van der Waals surface area contributed by atoms with Gasteiger partial charge in [-0.3, -0.25) is 0 Å². The Morgan fingerprint density at radius 2 is 2.33 bits per heavy atom. The predicted molar refractivity (Wildman–Crippen MR) is 63.6 cm³/mol. The lowest BCUT2D eigenvalue weighted by atomic mass is 10.2. The number of anilines is 1. The molecule has 1 aliphatic rings. The van der Waals surface area contributed by atoms with E-state index in [1.807, 2.05) is 0 Å². The number of ether oxygens (including phenoxy) is 1. The Morgan fingerprint density at radius 1 is 1.50 bits per heavy atom. The smallest absolute Gasteiger partial charge is 0.161 e. The Labute approximate surface area is 103 Å². The molecular formula is C11H14N4O3. The Balaban J connectivity index is 2.02. The second-order valence-electron chi connectivity index (χ2n) is 4.35. The molecule has 7 nitrogen and oxygen atoms in total. The van der Waals surface area contributed by atoms with Gasteiger partial charge in [0.1, 0.15) is 23.9 Å². The highest BCUT2D eigenvalue weighted by atomic mass is 16.5. The van der Waals surface area contributed by atoms with Crippen molar-refractivity contribution in [2.75, 3.05) is 12.3 Å². The van der Waals surface area contributed by atoms with Crippen molar-refractivity contribution < 1.29 is 14.9 Å². The van der Waals surface area contributed by atoms with Gasteiger partial charge in [-0.25, -0.2) is 9.97 Å². The van der Waals surface area contributed by atoms with Crippen molar-refractivity contribution in [3.63, 3.8) is 0 Å². The largest absolute Gasteiger partial charge is 0.394 e. The number of nitrogens with zero attached hydrogens (tertiary/aromatic N) is 3. The molecule has 1 unspecified atom stereocenters. The van der Waals surface area contributed by atoms with Crippen molar-refractivity contribution >= 4 is 16.9 Å². The van der Waals surface area contributed by atoms with E-state index in [0.717, 1.165) is 5.39 Å². The van der Waals surface area contributed by atoms with E-state index < -0.39 is 12.3 Å². The molecule has 4 N–H and O–H groups in total. The predicted octanol–water partition coefficient (Wildman–Crippen LogP) is -0.346. The Bertz CT molecular complexity index is 570. The van der Waals surface area contributed by atoms with Crippen LogP contribution < -0.4 is 5.73 Å². The van der Waals surface area contributed by atoms with E-state index in [9.17, 15) is 5.11 Å². The van der Waals surface area contributed by atoms with Crippen LogP contribution in [0.4, 0.5) is 5.82 Å². The lowest BCUT2D eigenvalue weighted by Crippen LogP contribution is -2.19. The standard InChI is InChI=1S/C11H14N4O3/c12-9-7-1-2-15(10(7)14-5-13-9)11-8(17)3-6(4-16)18-11/h1-2,5-6,8,11,16-17H,3-4H2,(H2,12,13,14)/t6-,8+,11?/m0/s1.